The quantitative estimate of drug-likeness (QED) is 0.784. The minimum absolute atomic E-state index is 0.687. The molecule has 0 aromatic carbocycles. The van der Waals surface area contributed by atoms with E-state index in [1.807, 2.05) is 27.1 Å². The summed E-state index contributed by atoms with van der Waals surface area (Å²) in [5.41, 5.74) is 3.99. The molecule has 3 aromatic heterocycles. The third-order valence-corrected chi connectivity index (χ3v) is 3.39. The van der Waals surface area contributed by atoms with Crippen LogP contribution in [-0.2, 0) is 20.1 Å². The molecule has 0 spiro atoms. The number of nitrogens with zero attached hydrogens (tertiary/aromatic N) is 4. The van der Waals surface area contributed by atoms with Crippen molar-refractivity contribution in [3.05, 3.63) is 41.4 Å². The van der Waals surface area contributed by atoms with E-state index in [1.54, 1.807) is 4.68 Å². The maximum atomic E-state index is 5.17. The first kappa shape index (κ1) is 12.8. The van der Waals surface area contributed by atoms with Gasteiger partial charge in [0, 0.05) is 31.7 Å². The van der Waals surface area contributed by atoms with Crippen molar-refractivity contribution < 1.29 is 4.42 Å². The number of hydrogen-bond donors (Lipinski definition) is 1. The Labute approximate surface area is 116 Å². The van der Waals surface area contributed by atoms with Gasteiger partial charge in [-0.05, 0) is 25.5 Å². The normalized spacial score (nSPS) is 11.3. The van der Waals surface area contributed by atoms with E-state index in [-0.39, 0.29) is 0 Å². The molecule has 0 unspecified atom stereocenters. The summed E-state index contributed by atoms with van der Waals surface area (Å²) in [7, 11) is 1.91. The monoisotopic (exact) mass is 271 g/mol. The largest absolute Gasteiger partial charge is 0.448 e. The molecule has 1 N–H and O–H groups in total. The molecule has 104 valence electrons. The van der Waals surface area contributed by atoms with E-state index in [0.29, 0.717) is 6.54 Å². The van der Waals surface area contributed by atoms with Crippen molar-refractivity contribution in [3.63, 3.8) is 0 Å². The van der Waals surface area contributed by atoms with Crippen LogP contribution in [0.15, 0.2) is 23.1 Å². The third-order valence-electron chi connectivity index (χ3n) is 3.39. The fourth-order valence-corrected chi connectivity index (χ4v) is 2.27. The van der Waals surface area contributed by atoms with Crippen molar-refractivity contribution in [2.24, 2.45) is 7.05 Å². The van der Waals surface area contributed by atoms with Crippen LogP contribution in [0.3, 0.4) is 0 Å². The van der Waals surface area contributed by atoms with Gasteiger partial charge in [0.05, 0.1) is 11.4 Å². The molecule has 3 aromatic rings. The van der Waals surface area contributed by atoms with Crippen LogP contribution in [0.5, 0.6) is 0 Å². The first-order valence-electron chi connectivity index (χ1n) is 6.53. The third kappa shape index (κ3) is 2.30. The smallest absolute Gasteiger partial charge is 0.181 e. The van der Waals surface area contributed by atoms with E-state index >= 15 is 0 Å². The fraction of sp³-hybridized carbons (Fsp3) is 0.357. The molecular formula is C14H17N5O. The first-order chi connectivity index (χ1) is 9.65. The van der Waals surface area contributed by atoms with E-state index in [4.69, 9.17) is 4.42 Å². The van der Waals surface area contributed by atoms with Crippen molar-refractivity contribution in [1.29, 1.82) is 0 Å². The Hall–Kier alpha value is -2.21. The molecule has 0 aliphatic heterocycles. The van der Waals surface area contributed by atoms with Gasteiger partial charge >= 0.3 is 0 Å². The average Bonchev–Trinajstić information content (AvgIpc) is 2.95. The summed E-state index contributed by atoms with van der Waals surface area (Å²) in [6.07, 6.45) is 3.35. The van der Waals surface area contributed by atoms with Crippen molar-refractivity contribution >= 4 is 11.0 Å². The van der Waals surface area contributed by atoms with Gasteiger partial charge in [-0.1, -0.05) is 0 Å². The molecule has 6 nitrogen and oxygen atoms in total. The van der Waals surface area contributed by atoms with Crippen LogP contribution in [0.2, 0.25) is 0 Å². The Morgan fingerprint density at radius 1 is 1.25 bits per heavy atom. The molecule has 0 aliphatic rings. The van der Waals surface area contributed by atoms with Gasteiger partial charge in [0.25, 0.3) is 0 Å². The second-order valence-electron chi connectivity index (χ2n) is 4.88. The Morgan fingerprint density at radius 3 is 2.85 bits per heavy atom. The zero-order chi connectivity index (χ0) is 14.1. The lowest BCUT2D eigenvalue weighted by molar-refractivity contribution is 0.522. The van der Waals surface area contributed by atoms with Crippen LogP contribution >= 0.6 is 0 Å². The summed E-state index contributed by atoms with van der Waals surface area (Å²) in [6.45, 7) is 5.34. The van der Waals surface area contributed by atoms with Crippen LogP contribution in [0, 0.1) is 13.8 Å². The molecule has 0 saturated heterocycles. The van der Waals surface area contributed by atoms with E-state index in [9.17, 15) is 0 Å². The van der Waals surface area contributed by atoms with Gasteiger partial charge in [-0.15, -0.1) is 0 Å². The van der Waals surface area contributed by atoms with E-state index < -0.39 is 0 Å². The average molecular weight is 271 g/mol. The second kappa shape index (κ2) is 5.05. The number of nitrogens with one attached hydrogen (secondary N) is 1. The summed E-state index contributed by atoms with van der Waals surface area (Å²) < 4.78 is 6.98. The predicted molar refractivity (Wildman–Crippen MR) is 75.0 cm³/mol. The van der Waals surface area contributed by atoms with Crippen molar-refractivity contribution in [1.82, 2.24) is 25.1 Å². The Balaban J connectivity index is 1.72. The highest BCUT2D eigenvalue weighted by Crippen LogP contribution is 2.16. The lowest BCUT2D eigenvalue weighted by Crippen LogP contribution is -2.13. The maximum Gasteiger partial charge on any atom is 0.181 e. The number of hydrogen-bond acceptors (Lipinski definition) is 5. The lowest BCUT2D eigenvalue weighted by atomic mass is 10.2. The van der Waals surface area contributed by atoms with Crippen LogP contribution in [0.1, 0.15) is 22.7 Å². The minimum Gasteiger partial charge on any atom is -0.448 e. The van der Waals surface area contributed by atoms with E-state index in [0.717, 1.165) is 40.3 Å². The van der Waals surface area contributed by atoms with Crippen LogP contribution in [0.4, 0.5) is 0 Å². The number of aryl methyl sites for hydroxylation is 3. The van der Waals surface area contributed by atoms with Gasteiger partial charge in [-0.25, -0.2) is 9.97 Å². The summed E-state index contributed by atoms with van der Waals surface area (Å²) in [5.74, 6) is 0.856. The van der Waals surface area contributed by atoms with Gasteiger partial charge in [-0.3, -0.25) is 4.68 Å². The second-order valence-corrected chi connectivity index (χ2v) is 4.88. The number of fused-ring (bicyclic) bond motifs is 1. The van der Waals surface area contributed by atoms with Crippen LogP contribution in [-0.4, -0.2) is 19.7 Å². The molecule has 20 heavy (non-hydrogen) atoms. The number of rotatable bonds is 4. The summed E-state index contributed by atoms with van der Waals surface area (Å²) in [6, 6.07) is 2.13. The zero-order valence-electron chi connectivity index (χ0n) is 11.8. The van der Waals surface area contributed by atoms with Gasteiger partial charge in [0.2, 0.25) is 0 Å². The highest BCUT2D eigenvalue weighted by molar-refractivity contribution is 5.78. The lowest BCUT2D eigenvalue weighted by Gasteiger charge is -2.04. The molecule has 3 rings (SSSR count). The standard InChI is InChI=1S/C14H17N5O/c1-9-12-4-11(6-16-14(12)19(3)18-9)5-15-7-13-10(2)20-8-17-13/h4,6,8,15H,5,7H2,1-3H3. The highest BCUT2D eigenvalue weighted by Gasteiger charge is 2.07. The topological polar surface area (TPSA) is 68.8 Å². The number of aromatic nitrogens is 4. The molecule has 0 aliphatic carbocycles. The maximum absolute atomic E-state index is 5.17. The minimum atomic E-state index is 0.687. The first-order valence-corrected chi connectivity index (χ1v) is 6.53. The van der Waals surface area contributed by atoms with Gasteiger partial charge in [-0.2, -0.15) is 5.10 Å². The molecule has 3 heterocycles. The van der Waals surface area contributed by atoms with Crippen LogP contribution in [0.25, 0.3) is 11.0 Å². The van der Waals surface area contributed by atoms with Crippen molar-refractivity contribution in [2.45, 2.75) is 26.9 Å². The molecule has 0 saturated carbocycles. The highest BCUT2D eigenvalue weighted by atomic mass is 16.3. The molecular weight excluding hydrogens is 254 g/mol. The van der Waals surface area contributed by atoms with Gasteiger partial charge in [0.15, 0.2) is 12.0 Å². The number of pyridine rings is 1. The van der Waals surface area contributed by atoms with Crippen molar-refractivity contribution in [2.75, 3.05) is 0 Å². The molecule has 0 amide bonds. The van der Waals surface area contributed by atoms with Gasteiger partial charge in [0.1, 0.15) is 5.76 Å². The molecule has 0 atom stereocenters. The molecule has 0 radical (unpaired) electrons. The summed E-state index contributed by atoms with van der Waals surface area (Å²) in [5, 5.41) is 8.82. The predicted octanol–water partition coefficient (Wildman–Crippen LogP) is 1.86. The van der Waals surface area contributed by atoms with E-state index in [2.05, 4.69) is 26.4 Å². The molecule has 6 heteroatoms. The summed E-state index contributed by atoms with van der Waals surface area (Å²) >= 11 is 0. The Morgan fingerprint density at radius 2 is 2.10 bits per heavy atom. The Bertz CT molecular complexity index is 743. The van der Waals surface area contributed by atoms with E-state index in [1.165, 1.54) is 6.39 Å². The molecule has 0 fully saturated rings. The molecule has 0 bridgehead atoms. The fourth-order valence-electron chi connectivity index (χ4n) is 2.27. The SMILES string of the molecule is Cc1ocnc1CNCc1cnc2c(c1)c(C)nn2C. The van der Waals surface area contributed by atoms with Gasteiger partial charge < -0.3 is 9.73 Å². The number of oxazole rings is 1. The summed E-state index contributed by atoms with van der Waals surface area (Å²) in [4.78, 5) is 8.62. The Kier molecular flexibility index (Phi) is 3.23. The zero-order valence-corrected chi connectivity index (χ0v) is 11.8. The van der Waals surface area contributed by atoms with Crippen molar-refractivity contribution in [3.8, 4) is 0 Å². The van der Waals surface area contributed by atoms with Crippen LogP contribution < -0.4 is 5.32 Å².